The molecule has 0 saturated heterocycles. The molecule has 1 atom stereocenters. The van der Waals surface area contributed by atoms with Crippen LogP contribution in [-0.2, 0) is 6.42 Å². The normalized spacial score (nSPS) is 16.1. The van der Waals surface area contributed by atoms with Gasteiger partial charge in [-0.15, -0.1) is 0 Å². The van der Waals surface area contributed by atoms with Crippen LogP contribution in [0, 0.1) is 0 Å². The monoisotopic (exact) mass is 421 g/mol. The summed E-state index contributed by atoms with van der Waals surface area (Å²) in [6, 6.07) is 27.5. The van der Waals surface area contributed by atoms with Crippen molar-refractivity contribution in [1.29, 1.82) is 0 Å². The van der Waals surface area contributed by atoms with E-state index in [4.69, 9.17) is 0 Å². The zero-order valence-electron chi connectivity index (χ0n) is 16.6. The molecular weight excluding hydrogens is 402 g/mol. The molecule has 2 aromatic heterocycles. The van der Waals surface area contributed by atoms with Crippen LogP contribution in [0.15, 0.2) is 88.8 Å². The van der Waals surface area contributed by atoms with Gasteiger partial charge in [0.25, 0.3) is 0 Å². The molecule has 0 spiro atoms. The lowest BCUT2D eigenvalue weighted by molar-refractivity contribution is 0.456. The number of nitrogens with zero attached hydrogens (tertiary/aromatic N) is 1. The van der Waals surface area contributed by atoms with Crippen molar-refractivity contribution in [3.63, 3.8) is 0 Å². The molecule has 1 unspecified atom stereocenters. The van der Waals surface area contributed by atoms with E-state index < -0.39 is 0 Å². The lowest BCUT2D eigenvalue weighted by Crippen LogP contribution is -2.24. The first-order valence-electron chi connectivity index (χ1n) is 10.5. The summed E-state index contributed by atoms with van der Waals surface area (Å²) in [4.78, 5) is 10.5. The van der Waals surface area contributed by atoms with Crippen molar-refractivity contribution in [2.24, 2.45) is 0 Å². The highest BCUT2D eigenvalue weighted by Crippen LogP contribution is 2.60. The third kappa shape index (κ3) is 2.32. The molecule has 2 aliphatic rings. The molecular formula is C26H19N3OS. The molecule has 31 heavy (non-hydrogen) atoms. The Bertz CT molecular complexity index is 1470. The van der Waals surface area contributed by atoms with Gasteiger partial charge in [-0.3, -0.25) is 0 Å². The van der Waals surface area contributed by atoms with Crippen molar-refractivity contribution in [3.8, 4) is 17.0 Å². The van der Waals surface area contributed by atoms with Gasteiger partial charge in [-0.1, -0.05) is 66.4 Å². The average molecular weight is 422 g/mol. The Morgan fingerprint density at radius 3 is 2.52 bits per heavy atom. The molecule has 0 radical (unpaired) electrons. The van der Waals surface area contributed by atoms with Gasteiger partial charge in [0.05, 0.1) is 17.3 Å². The minimum Gasteiger partial charge on any atom is -0.494 e. The molecule has 3 N–H and O–H groups in total. The Hall–Kier alpha value is -3.57. The van der Waals surface area contributed by atoms with Crippen LogP contribution in [0.2, 0.25) is 0 Å². The number of rotatable bonds is 2. The van der Waals surface area contributed by atoms with Gasteiger partial charge in [0, 0.05) is 39.2 Å². The Kier molecular flexibility index (Phi) is 3.44. The topological polar surface area (TPSA) is 55.0 Å². The highest BCUT2D eigenvalue weighted by Gasteiger charge is 2.43. The maximum atomic E-state index is 11.1. The predicted molar refractivity (Wildman–Crippen MR) is 125 cm³/mol. The third-order valence-corrected chi connectivity index (χ3v) is 7.43. The zero-order chi connectivity index (χ0) is 20.5. The van der Waals surface area contributed by atoms with E-state index in [0.717, 1.165) is 44.1 Å². The Morgan fingerprint density at radius 2 is 1.61 bits per heavy atom. The van der Waals surface area contributed by atoms with E-state index in [1.54, 1.807) is 11.8 Å². The van der Waals surface area contributed by atoms with Crippen LogP contribution in [0.3, 0.4) is 0 Å². The summed E-state index contributed by atoms with van der Waals surface area (Å²) in [6.07, 6.45) is 0.941. The predicted octanol–water partition coefficient (Wildman–Crippen LogP) is 6.77. The van der Waals surface area contributed by atoms with Gasteiger partial charge >= 0.3 is 0 Å². The van der Waals surface area contributed by atoms with Gasteiger partial charge in [-0.25, -0.2) is 0 Å². The third-order valence-electron chi connectivity index (χ3n) is 6.42. The number of benzene rings is 3. The van der Waals surface area contributed by atoms with Crippen molar-refractivity contribution in [2.75, 3.05) is 4.90 Å². The fourth-order valence-corrected chi connectivity index (χ4v) is 6.15. The Morgan fingerprint density at radius 1 is 0.839 bits per heavy atom. The smallest absolute Gasteiger partial charge is 0.199 e. The van der Waals surface area contributed by atoms with Gasteiger partial charge in [0.15, 0.2) is 5.88 Å². The summed E-state index contributed by atoms with van der Waals surface area (Å²) in [5.74, 6) is 0.224. The van der Waals surface area contributed by atoms with Gasteiger partial charge in [0.1, 0.15) is 5.03 Å². The van der Waals surface area contributed by atoms with Gasteiger partial charge < -0.3 is 20.0 Å². The molecule has 150 valence electrons. The van der Waals surface area contributed by atoms with E-state index in [0.29, 0.717) is 0 Å². The average Bonchev–Trinajstić information content (AvgIpc) is 3.46. The van der Waals surface area contributed by atoms with Crippen LogP contribution in [0.1, 0.15) is 17.3 Å². The van der Waals surface area contributed by atoms with Crippen LogP contribution in [0.5, 0.6) is 5.88 Å². The maximum absolute atomic E-state index is 11.1. The van der Waals surface area contributed by atoms with Crippen LogP contribution in [0.4, 0.5) is 11.4 Å². The van der Waals surface area contributed by atoms with E-state index in [2.05, 4.69) is 75.5 Å². The van der Waals surface area contributed by atoms with Gasteiger partial charge in [-0.2, -0.15) is 0 Å². The Labute approximate surface area is 183 Å². The summed E-state index contributed by atoms with van der Waals surface area (Å²) in [7, 11) is 0. The molecule has 0 amide bonds. The SMILES string of the molecule is Oc1[nH]c(Sc2ccccc2)c2c1-c1c([nH]c3ccccc13)C1Cc3ccccc3N21. The lowest BCUT2D eigenvalue weighted by atomic mass is 9.93. The van der Waals surface area contributed by atoms with Crippen LogP contribution >= 0.6 is 11.8 Å². The highest BCUT2D eigenvalue weighted by atomic mass is 32.2. The molecule has 5 aromatic rings. The molecule has 0 bridgehead atoms. The van der Waals surface area contributed by atoms with E-state index in [-0.39, 0.29) is 11.9 Å². The fraction of sp³-hybridized carbons (Fsp3) is 0.0769. The van der Waals surface area contributed by atoms with Gasteiger partial charge in [-0.05, 0) is 29.8 Å². The molecule has 7 rings (SSSR count). The van der Waals surface area contributed by atoms with E-state index in [1.165, 1.54) is 16.9 Å². The van der Waals surface area contributed by atoms with Crippen molar-refractivity contribution in [3.05, 3.63) is 90.1 Å². The first kappa shape index (κ1) is 17.1. The number of H-pyrrole nitrogens is 2. The second-order valence-electron chi connectivity index (χ2n) is 8.12. The fourth-order valence-electron chi connectivity index (χ4n) is 5.18. The molecule has 4 nitrogen and oxygen atoms in total. The number of hydrogen-bond acceptors (Lipinski definition) is 3. The van der Waals surface area contributed by atoms with Gasteiger partial charge in [0.2, 0.25) is 0 Å². The second-order valence-corrected chi connectivity index (χ2v) is 9.20. The van der Waals surface area contributed by atoms with E-state index in [1.807, 2.05) is 18.2 Å². The lowest BCUT2D eigenvalue weighted by Gasteiger charge is -2.33. The first-order valence-corrected chi connectivity index (χ1v) is 11.3. The standard InChI is InChI=1S/C26H19N3OS/c30-25-22-21-17-11-5-6-12-18(17)27-23(21)20-14-15-8-4-7-13-19(15)29(20)24(22)26(28-25)31-16-9-2-1-3-10-16/h1-13,20,27-28,30H,14H2. The van der Waals surface area contributed by atoms with Crippen molar-refractivity contribution in [2.45, 2.75) is 22.4 Å². The maximum Gasteiger partial charge on any atom is 0.199 e. The molecule has 5 heteroatoms. The number of nitrogens with one attached hydrogen (secondary N) is 2. The highest BCUT2D eigenvalue weighted by molar-refractivity contribution is 7.99. The Balaban J connectivity index is 1.54. The quantitative estimate of drug-likeness (QED) is 0.295. The van der Waals surface area contributed by atoms with Crippen molar-refractivity contribution < 1.29 is 5.11 Å². The number of fused-ring (bicyclic) bond motifs is 10. The van der Waals surface area contributed by atoms with Crippen LogP contribution in [-0.4, -0.2) is 15.1 Å². The summed E-state index contributed by atoms with van der Waals surface area (Å²) >= 11 is 1.66. The number of aromatic amines is 2. The van der Waals surface area contributed by atoms with Crippen molar-refractivity contribution >= 4 is 34.0 Å². The van der Waals surface area contributed by atoms with Crippen molar-refractivity contribution in [1.82, 2.24) is 9.97 Å². The molecule has 2 aliphatic heterocycles. The minimum absolute atomic E-state index is 0.178. The number of hydrogen-bond donors (Lipinski definition) is 3. The molecule has 0 aliphatic carbocycles. The molecule has 4 heterocycles. The minimum atomic E-state index is 0.178. The number of anilines is 2. The zero-order valence-corrected chi connectivity index (χ0v) is 17.4. The molecule has 0 saturated carbocycles. The number of para-hydroxylation sites is 2. The first-order chi connectivity index (χ1) is 15.3. The number of aromatic nitrogens is 2. The summed E-state index contributed by atoms with van der Waals surface area (Å²) < 4.78 is 0. The number of aromatic hydroxyl groups is 1. The van der Waals surface area contributed by atoms with Crippen LogP contribution in [0.25, 0.3) is 22.0 Å². The molecule has 3 aromatic carbocycles. The van der Waals surface area contributed by atoms with E-state index >= 15 is 0 Å². The van der Waals surface area contributed by atoms with Crippen LogP contribution < -0.4 is 4.90 Å². The molecule has 0 fully saturated rings. The summed E-state index contributed by atoms with van der Waals surface area (Å²) in [6.45, 7) is 0. The summed E-state index contributed by atoms with van der Waals surface area (Å²) in [5.41, 5.74) is 7.91. The largest absolute Gasteiger partial charge is 0.494 e. The summed E-state index contributed by atoms with van der Waals surface area (Å²) in [5, 5.41) is 13.3. The second kappa shape index (κ2) is 6.22. The van der Waals surface area contributed by atoms with E-state index in [9.17, 15) is 5.11 Å².